The van der Waals surface area contributed by atoms with Gasteiger partial charge in [-0.2, -0.15) is 0 Å². The van der Waals surface area contributed by atoms with E-state index in [0.29, 0.717) is 11.7 Å². The minimum atomic E-state index is -0.289. The van der Waals surface area contributed by atoms with Crippen LogP contribution < -0.4 is 5.32 Å². The van der Waals surface area contributed by atoms with Crippen LogP contribution >= 0.6 is 0 Å². The Hall–Kier alpha value is -1.12. The van der Waals surface area contributed by atoms with E-state index in [1.165, 1.54) is 6.07 Å². The van der Waals surface area contributed by atoms with E-state index in [9.17, 15) is 4.39 Å². The lowest BCUT2D eigenvalue weighted by molar-refractivity contribution is 0.534. The third kappa shape index (κ3) is 3.32. The zero-order valence-electron chi connectivity index (χ0n) is 8.92. The highest BCUT2D eigenvalue weighted by Gasteiger charge is 2.08. The predicted molar refractivity (Wildman–Crippen MR) is 56.7 cm³/mol. The first kappa shape index (κ1) is 11.0. The van der Waals surface area contributed by atoms with Crippen LogP contribution in [0.1, 0.15) is 27.2 Å². The van der Waals surface area contributed by atoms with E-state index in [2.05, 4.69) is 24.1 Å². The Morgan fingerprint density at radius 1 is 1.43 bits per heavy atom. The van der Waals surface area contributed by atoms with Gasteiger partial charge in [-0.15, -0.1) is 0 Å². The number of hydrogen-bond acceptors (Lipinski definition) is 2. The monoisotopic (exact) mass is 196 g/mol. The third-order valence-corrected chi connectivity index (χ3v) is 1.97. The molecule has 0 aliphatic carbocycles. The van der Waals surface area contributed by atoms with E-state index in [4.69, 9.17) is 0 Å². The van der Waals surface area contributed by atoms with Gasteiger partial charge in [0.05, 0.1) is 0 Å². The van der Waals surface area contributed by atoms with Gasteiger partial charge in [0.2, 0.25) is 0 Å². The number of halogens is 1. The first-order chi connectivity index (χ1) is 6.59. The number of rotatable bonds is 4. The van der Waals surface area contributed by atoms with Crippen LogP contribution in [-0.4, -0.2) is 11.0 Å². The van der Waals surface area contributed by atoms with Gasteiger partial charge in [0, 0.05) is 12.2 Å². The molecule has 0 aliphatic rings. The molecule has 1 atom stereocenters. The second-order valence-electron chi connectivity index (χ2n) is 4.01. The Kier molecular flexibility index (Phi) is 3.86. The van der Waals surface area contributed by atoms with Crippen molar-refractivity contribution in [2.45, 2.75) is 33.2 Å². The zero-order chi connectivity index (χ0) is 10.6. The van der Waals surface area contributed by atoms with Crippen LogP contribution in [0.2, 0.25) is 0 Å². The molecular weight excluding hydrogens is 179 g/mol. The van der Waals surface area contributed by atoms with E-state index >= 15 is 0 Å². The first-order valence-electron chi connectivity index (χ1n) is 4.96. The second-order valence-corrected chi connectivity index (χ2v) is 4.01. The lowest BCUT2D eigenvalue weighted by Crippen LogP contribution is -2.18. The van der Waals surface area contributed by atoms with Crippen molar-refractivity contribution in [3.63, 3.8) is 0 Å². The molecule has 1 rings (SSSR count). The second kappa shape index (κ2) is 4.94. The highest BCUT2D eigenvalue weighted by Crippen LogP contribution is 2.13. The number of nitrogens with zero attached hydrogens (tertiary/aromatic N) is 1. The molecule has 0 fully saturated rings. The number of nitrogens with one attached hydrogen (secondary N) is 1. The number of pyridine rings is 1. The molecule has 0 saturated heterocycles. The minimum Gasteiger partial charge on any atom is -0.365 e. The molecule has 1 aromatic rings. The highest BCUT2D eigenvalue weighted by atomic mass is 19.1. The Morgan fingerprint density at radius 3 is 2.71 bits per heavy atom. The van der Waals surface area contributed by atoms with Crippen molar-refractivity contribution >= 4 is 5.82 Å². The maximum Gasteiger partial charge on any atom is 0.165 e. The molecule has 0 bridgehead atoms. The maximum atomic E-state index is 13.2. The van der Waals surface area contributed by atoms with Gasteiger partial charge in [-0.05, 0) is 31.4 Å². The van der Waals surface area contributed by atoms with Crippen LogP contribution in [0.5, 0.6) is 0 Å². The molecule has 0 aliphatic heterocycles. The summed E-state index contributed by atoms with van der Waals surface area (Å²) in [6.45, 7) is 6.33. The van der Waals surface area contributed by atoms with Crippen LogP contribution in [0.3, 0.4) is 0 Å². The normalized spacial score (nSPS) is 12.9. The lowest BCUT2D eigenvalue weighted by atomic mass is 10.1. The Bertz CT molecular complexity index is 286. The minimum absolute atomic E-state index is 0.249. The molecule has 2 nitrogen and oxygen atoms in total. The van der Waals surface area contributed by atoms with Crippen molar-refractivity contribution in [3.05, 3.63) is 24.1 Å². The summed E-state index contributed by atoms with van der Waals surface area (Å²) in [6.07, 6.45) is 2.60. The fraction of sp³-hybridized carbons (Fsp3) is 0.545. The van der Waals surface area contributed by atoms with Crippen LogP contribution in [-0.2, 0) is 0 Å². The van der Waals surface area contributed by atoms with Gasteiger partial charge in [-0.1, -0.05) is 13.8 Å². The summed E-state index contributed by atoms with van der Waals surface area (Å²) in [7, 11) is 0. The van der Waals surface area contributed by atoms with Crippen LogP contribution in [0.4, 0.5) is 10.2 Å². The van der Waals surface area contributed by atoms with Gasteiger partial charge in [0.15, 0.2) is 11.6 Å². The molecule has 14 heavy (non-hydrogen) atoms. The molecular formula is C11H17FN2. The summed E-state index contributed by atoms with van der Waals surface area (Å²) in [6, 6.07) is 3.25. The van der Waals surface area contributed by atoms with Crippen molar-refractivity contribution in [2.75, 3.05) is 5.32 Å². The summed E-state index contributed by atoms with van der Waals surface area (Å²) < 4.78 is 13.2. The molecule has 1 N–H and O–H groups in total. The summed E-state index contributed by atoms with van der Waals surface area (Å²) >= 11 is 0. The van der Waals surface area contributed by atoms with Crippen LogP contribution in [0, 0.1) is 11.7 Å². The van der Waals surface area contributed by atoms with Gasteiger partial charge >= 0.3 is 0 Å². The molecule has 3 heteroatoms. The first-order valence-corrected chi connectivity index (χ1v) is 4.96. The summed E-state index contributed by atoms with van der Waals surface area (Å²) in [4.78, 5) is 3.94. The fourth-order valence-corrected chi connectivity index (χ4v) is 1.49. The van der Waals surface area contributed by atoms with E-state index in [-0.39, 0.29) is 11.9 Å². The van der Waals surface area contributed by atoms with E-state index in [1.54, 1.807) is 12.3 Å². The van der Waals surface area contributed by atoms with Gasteiger partial charge in [-0.25, -0.2) is 9.37 Å². The molecule has 1 unspecified atom stereocenters. The molecule has 0 radical (unpaired) electrons. The van der Waals surface area contributed by atoms with Crippen molar-refractivity contribution in [3.8, 4) is 0 Å². The quantitative estimate of drug-likeness (QED) is 0.800. The number of aromatic nitrogens is 1. The molecule has 1 heterocycles. The topological polar surface area (TPSA) is 24.9 Å². The summed E-state index contributed by atoms with van der Waals surface area (Å²) in [5.41, 5.74) is 0. The van der Waals surface area contributed by atoms with Crippen molar-refractivity contribution in [2.24, 2.45) is 5.92 Å². The Labute approximate surface area is 84.6 Å². The number of anilines is 1. The molecule has 0 spiro atoms. The van der Waals surface area contributed by atoms with Crippen molar-refractivity contribution in [1.29, 1.82) is 0 Å². The van der Waals surface area contributed by atoms with Gasteiger partial charge in [0.1, 0.15) is 0 Å². The smallest absolute Gasteiger partial charge is 0.165 e. The molecule has 0 amide bonds. The molecule has 78 valence electrons. The average molecular weight is 196 g/mol. The standard InChI is InChI=1S/C11H17FN2/c1-8(2)7-9(3)14-11-10(12)5-4-6-13-11/h4-6,8-9H,7H2,1-3H3,(H,13,14). The van der Waals surface area contributed by atoms with E-state index < -0.39 is 0 Å². The summed E-state index contributed by atoms with van der Waals surface area (Å²) in [5, 5.41) is 3.06. The van der Waals surface area contributed by atoms with Crippen molar-refractivity contribution < 1.29 is 4.39 Å². The lowest BCUT2D eigenvalue weighted by Gasteiger charge is -2.16. The van der Waals surface area contributed by atoms with E-state index in [0.717, 1.165) is 6.42 Å². The predicted octanol–water partition coefficient (Wildman–Crippen LogP) is 3.07. The van der Waals surface area contributed by atoms with Gasteiger partial charge in [-0.3, -0.25) is 0 Å². The molecule has 0 aromatic carbocycles. The van der Waals surface area contributed by atoms with E-state index in [1.807, 2.05) is 6.92 Å². The largest absolute Gasteiger partial charge is 0.365 e. The van der Waals surface area contributed by atoms with Crippen LogP contribution in [0.15, 0.2) is 18.3 Å². The maximum absolute atomic E-state index is 13.2. The van der Waals surface area contributed by atoms with Crippen molar-refractivity contribution in [1.82, 2.24) is 4.98 Å². The Morgan fingerprint density at radius 2 is 2.14 bits per heavy atom. The highest BCUT2D eigenvalue weighted by molar-refractivity contribution is 5.36. The average Bonchev–Trinajstić information content (AvgIpc) is 2.07. The van der Waals surface area contributed by atoms with Gasteiger partial charge < -0.3 is 5.32 Å². The molecule has 1 aromatic heterocycles. The zero-order valence-corrected chi connectivity index (χ0v) is 8.92. The molecule has 0 saturated carbocycles. The van der Waals surface area contributed by atoms with Crippen LogP contribution in [0.25, 0.3) is 0 Å². The number of hydrogen-bond donors (Lipinski definition) is 1. The fourth-order valence-electron chi connectivity index (χ4n) is 1.49. The Balaban J connectivity index is 2.56. The van der Waals surface area contributed by atoms with Gasteiger partial charge in [0.25, 0.3) is 0 Å². The summed E-state index contributed by atoms with van der Waals surface area (Å²) in [5.74, 6) is 0.660. The SMILES string of the molecule is CC(C)CC(C)Nc1ncccc1F. The third-order valence-electron chi connectivity index (χ3n) is 1.97.